The van der Waals surface area contributed by atoms with Gasteiger partial charge in [0.05, 0.1) is 11.3 Å². The summed E-state index contributed by atoms with van der Waals surface area (Å²) in [5.41, 5.74) is 0.801. The van der Waals surface area contributed by atoms with Crippen molar-refractivity contribution in [1.82, 2.24) is 4.90 Å². The third-order valence-corrected chi connectivity index (χ3v) is 3.86. The van der Waals surface area contributed by atoms with Crippen LogP contribution in [-0.4, -0.2) is 40.9 Å². The SMILES string of the molecule is CC1CCN(C(=O)c2ccccc2NC(=O)/C=C/C(=O)O)CC1. The number of carbonyl (C=O) groups is 3. The molecule has 2 amide bonds. The highest BCUT2D eigenvalue weighted by Crippen LogP contribution is 2.22. The molecule has 6 heteroatoms. The Morgan fingerprint density at radius 1 is 1.17 bits per heavy atom. The van der Waals surface area contributed by atoms with Crippen LogP contribution in [-0.2, 0) is 9.59 Å². The Balaban J connectivity index is 2.12. The first-order chi connectivity index (χ1) is 11.0. The summed E-state index contributed by atoms with van der Waals surface area (Å²) in [5.74, 6) is -1.28. The van der Waals surface area contributed by atoms with Crippen molar-refractivity contribution in [3.05, 3.63) is 42.0 Å². The number of aliphatic carboxylic acids is 1. The Bertz CT molecular complexity index is 631. The molecule has 1 aromatic carbocycles. The van der Waals surface area contributed by atoms with Crippen molar-refractivity contribution in [3.63, 3.8) is 0 Å². The van der Waals surface area contributed by atoms with E-state index in [-0.39, 0.29) is 5.91 Å². The normalized spacial score (nSPS) is 15.6. The van der Waals surface area contributed by atoms with Crippen molar-refractivity contribution in [1.29, 1.82) is 0 Å². The van der Waals surface area contributed by atoms with Crippen molar-refractivity contribution >= 4 is 23.5 Å². The Morgan fingerprint density at radius 2 is 1.83 bits per heavy atom. The molecule has 0 saturated carbocycles. The summed E-state index contributed by atoms with van der Waals surface area (Å²) in [6.07, 6.45) is 3.63. The molecule has 0 aromatic heterocycles. The van der Waals surface area contributed by atoms with Crippen molar-refractivity contribution in [2.24, 2.45) is 5.92 Å². The Kier molecular flexibility index (Phi) is 5.51. The number of nitrogens with one attached hydrogen (secondary N) is 1. The summed E-state index contributed by atoms with van der Waals surface area (Å²) in [5, 5.41) is 11.1. The summed E-state index contributed by atoms with van der Waals surface area (Å²) in [4.78, 5) is 36.6. The zero-order valence-corrected chi connectivity index (χ0v) is 13.0. The molecule has 1 fully saturated rings. The Hall–Kier alpha value is -2.63. The van der Waals surface area contributed by atoms with E-state index >= 15 is 0 Å². The molecule has 1 aliphatic heterocycles. The van der Waals surface area contributed by atoms with Crippen LogP contribution in [0.15, 0.2) is 36.4 Å². The standard InChI is InChI=1S/C17H20N2O4/c1-12-8-10-19(11-9-12)17(23)13-4-2-3-5-14(13)18-15(20)6-7-16(21)22/h2-7,12H,8-11H2,1H3,(H,18,20)(H,21,22)/b7-6+. The maximum atomic E-state index is 12.6. The molecular weight excluding hydrogens is 296 g/mol. The van der Waals surface area contributed by atoms with Gasteiger partial charge in [0.25, 0.3) is 5.91 Å². The first-order valence-electron chi connectivity index (χ1n) is 7.57. The third-order valence-electron chi connectivity index (χ3n) is 3.86. The molecular formula is C17H20N2O4. The van der Waals surface area contributed by atoms with Crippen molar-refractivity contribution in [2.75, 3.05) is 18.4 Å². The minimum atomic E-state index is -1.20. The number of rotatable bonds is 4. The number of anilines is 1. The fourth-order valence-electron chi connectivity index (χ4n) is 2.48. The maximum Gasteiger partial charge on any atom is 0.328 e. The number of benzene rings is 1. The van der Waals surface area contributed by atoms with E-state index in [0.717, 1.165) is 25.0 Å². The molecule has 122 valence electrons. The molecule has 0 atom stereocenters. The number of nitrogens with zero attached hydrogens (tertiary/aromatic N) is 1. The lowest BCUT2D eigenvalue weighted by Gasteiger charge is -2.30. The molecule has 6 nitrogen and oxygen atoms in total. The molecule has 1 saturated heterocycles. The molecule has 0 radical (unpaired) electrons. The van der Waals surface area contributed by atoms with Gasteiger partial charge in [0.2, 0.25) is 5.91 Å². The van der Waals surface area contributed by atoms with E-state index in [1.54, 1.807) is 29.2 Å². The summed E-state index contributed by atoms with van der Waals surface area (Å²) in [6, 6.07) is 6.75. The van der Waals surface area contributed by atoms with E-state index < -0.39 is 11.9 Å². The average molecular weight is 316 g/mol. The Morgan fingerprint density at radius 3 is 2.48 bits per heavy atom. The van der Waals surface area contributed by atoms with Gasteiger partial charge in [-0.15, -0.1) is 0 Å². The molecule has 0 aliphatic carbocycles. The molecule has 1 aliphatic rings. The lowest BCUT2D eigenvalue weighted by molar-refractivity contribution is -0.131. The number of hydrogen-bond acceptors (Lipinski definition) is 3. The second-order valence-electron chi connectivity index (χ2n) is 5.68. The fraction of sp³-hybridized carbons (Fsp3) is 0.353. The van der Waals surface area contributed by atoms with Crippen LogP contribution in [0.4, 0.5) is 5.69 Å². The van der Waals surface area contributed by atoms with Crippen LogP contribution in [0.2, 0.25) is 0 Å². The van der Waals surface area contributed by atoms with Gasteiger partial charge in [0, 0.05) is 25.2 Å². The highest BCUT2D eigenvalue weighted by Gasteiger charge is 2.23. The number of piperidine rings is 1. The van der Waals surface area contributed by atoms with Gasteiger partial charge in [-0.2, -0.15) is 0 Å². The lowest BCUT2D eigenvalue weighted by Crippen LogP contribution is -2.38. The predicted molar refractivity (Wildman–Crippen MR) is 86.1 cm³/mol. The first-order valence-corrected chi connectivity index (χ1v) is 7.57. The zero-order valence-electron chi connectivity index (χ0n) is 13.0. The highest BCUT2D eigenvalue weighted by atomic mass is 16.4. The van der Waals surface area contributed by atoms with Crippen LogP contribution in [0, 0.1) is 5.92 Å². The van der Waals surface area contributed by atoms with E-state index in [4.69, 9.17) is 5.11 Å². The Labute approximate surface area is 134 Å². The van der Waals surface area contributed by atoms with E-state index in [2.05, 4.69) is 12.2 Å². The van der Waals surface area contributed by atoms with Gasteiger partial charge < -0.3 is 15.3 Å². The smallest absolute Gasteiger partial charge is 0.328 e. The van der Waals surface area contributed by atoms with Crippen molar-refractivity contribution in [3.8, 4) is 0 Å². The third kappa shape index (κ3) is 4.67. The number of hydrogen-bond donors (Lipinski definition) is 2. The van der Waals surface area contributed by atoms with E-state index in [0.29, 0.717) is 30.3 Å². The molecule has 0 unspecified atom stereocenters. The van der Waals surface area contributed by atoms with Crippen LogP contribution in [0.3, 0.4) is 0 Å². The summed E-state index contributed by atoms with van der Waals surface area (Å²) < 4.78 is 0. The van der Waals surface area contributed by atoms with Gasteiger partial charge in [-0.05, 0) is 30.9 Å². The largest absolute Gasteiger partial charge is 0.478 e. The number of carbonyl (C=O) groups excluding carboxylic acids is 2. The number of carboxylic acids is 1. The quantitative estimate of drug-likeness (QED) is 0.833. The topological polar surface area (TPSA) is 86.7 Å². The van der Waals surface area contributed by atoms with Gasteiger partial charge in [-0.3, -0.25) is 9.59 Å². The number of amides is 2. The molecule has 0 bridgehead atoms. The molecule has 2 rings (SSSR count). The van der Waals surface area contributed by atoms with Crippen LogP contribution in [0.1, 0.15) is 30.1 Å². The minimum absolute atomic E-state index is 0.116. The van der Waals surface area contributed by atoms with Crippen LogP contribution in [0.25, 0.3) is 0 Å². The summed E-state index contributed by atoms with van der Waals surface area (Å²) >= 11 is 0. The van der Waals surface area contributed by atoms with Crippen molar-refractivity contribution < 1.29 is 19.5 Å². The van der Waals surface area contributed by atoms with Crippen LogP contribution < -0.4 is 5.32 Å². The fourth-order valence-corrected chi connectivity index (χ4v) is 2.48. The lowest BCUT2D eigenvalue weighted by atomic mass is 9.98. The van der Waals surface area contributed by atoms with Gasteiger partial charge in [0.1, 0.15) is 0 Å². The maximum absolute atomic E-state index is 12.6. The number of likely N-dealkylation sites (tertiary alicyclic amines) is 1. The monoisotopic (exact) mass is 316 g/mol. The summed E-state index contributed by atoms with van der Waals surface area (Å²) in [7, 11) is 0. The highest BCUT2D eigenvalue weighted by molar-refractivity contribution is 6.07. The molecule has 1 heterocycles. The molecule has 2 N–H and O–H groups in total. The van der Waals surface area contributed by atoms with Crippen LogP contribution >= 0.6 is 0 Å². The first kappa shape index (κ1) is 16.7. The average Bonchev–Trinajstić information content (AvgIpc) is 2.53. The van der Waals surface area contributed by atoms with E-state index in [1.165, 1.54) is 0 Å². The number of carboxylic acid groups (broad SMARTS) is 1. The van der Waals surface area contributed by atoms with Crippen molar-refractivity contribution in [2.45, 2.75) is 19.8 Å². The zero-order chi connectivity index (χ0) is 16.8. The second kappa shape index (κ2) is 7.58. The molecule has 1 aromatic rings. The van der Waals surface area contributed by atoms with Gasteiger partial charge >= 0.3 is 5.97 Å². The molecule has 23 heavy (non-hydrogen) atoms. The predicted octanol–water partition coefficient (Wildman–Crippen LogP) is 2.14. The summed E-state index contributed by atoms with van der Waals surface area (Å²) in [6.45, 7) is 3.59. The van der Waals surface area contributed by atoms with Gasteiger partial charge in [0.15, 0.2) is 0 Å². The van der Waals surface area contributed by atoms with Gasteiger partial charge in [-0.1, -0.05) is 19.1 Å². The van der Waals surface area contributed by atoms with E-state index in [9.17, 15) is 14.4 Å². The second-order valence-corrected chi connectivity index (χ2v) is 5.68. The van der Waals surface area contributed by atoms with Gasteiger partial charge in [-0.25, -0.2) is 4.79 Å². The number of para-hydroxylation sites is 1. The van der Waals surface area contributed by atoms with E-state index in [1.807, 2.05) is 0 Å². The van der Waals surface area contributed by atoms with Crippen LogP contribution in [0.5, 0.6) is 0 Å². The minimum Gasteiger partial charge on any atom is -0.478 e. The molecule has 0 spiro atoms.